The fourth-order valence-electron chi connectivity index (χ4n) is 1.30. The summed E-state index contributed by atoms with van der Waals surface area (Å²) in [6.45, 7) is 1.26. The number of methoxy groups -OCH3 is 1. The summed E-state index contributed by atoms with van der Waals surface area (Å²) in [4.78, 5) is 3.85. The molecular weight excluding hydrogens is 352 g/mol. The van der Waals surface area contributed by atoms with E-state index >= 15 is 0 Å². The second-order valence-electron chi connectivity index (χ2n) is 3.65. The van der Waals surface area contributed by atoms with Gasteiger partial charge in [-0.3, -0.25) is 0 Å². The molecule has 0 aliphatic carbocycles. The van der Waals surface area contributed by atoms with Gasteiger partial charge in [0.1, 0.15) is 4.90 Å². The van der Waals surface area contributed by atoms with Gasteiger partial charge < -0.3 is 14.9 Å². The number of pyridine rings is 1. The molecule has 0 saturated heterocycles. The quantitative estimate of drug-likeness (QED) is 0.321. The lowest BCUT2D eigenvalue weighted by Crippen LogP contribution is -2.29. The molecule has 8 nitrogen and oxygen atoms in total. The van der Waals surface area contributed by atoms with Gasteiger partial charge in [0.15, 0.2) is 5.82 Å². The van der Waals surface area contributed by atoms with E-state index in [1.807, 2.05) is 0 Å². The SMILES string of the molecule is COCCOCCNS(=O)(=O)c1cc(Br)cnc1NN. The molecule has 0 saturated carbocycles. The lowest BCUT2D eigenvalue weighted by atomic mass is 10.5. The standard InChI is InChI=1S/C10H17BrN4O4S/c1-18-4-5-19-3-2-14-20(16,17)9-6-8(11)7-13-10(9)15-12/h6-7,14H,2-5,12H2,1H3,(H,13,15). The average molecular weight is 369 g/mol. The summed E-state index contributed by atoms with van der Waals surface area (Å²) >= 11 is 3.17. The van der Waals surface area contributed by atoms with Crippen LogP contribution in [0.2, 0.25) is 0 Å². The van der Waals surface area contributed by atoms with Crippen molar-refractivity contribution in [2.75, 3.05) is 38.9 Å². The summed E-state index contributed by atoms with van der Waals surface area (Å²) in [7, 11) is -2.15. The van der Waals surface area contributed by atoms with E-state index in [0.717, 1.165) is 0 Å². The van der Waals surface area contributed by atoms with Crippen molar-refractivity contribution < 1.29 is 17.9 Å². The molecule has 1 heterocycles. The molecule has 0 aliphatic rings. The Hall–Kier alpha value is -0.780. The van der Waals surface area contributed by atoms with Crippen LogP contribution >= 0.6 is 15.9 Å². The maximum absolute atomic E-state index is 12.1. The number of nitrogens with zero attached hydrogens (tertiary/aromatic N) is 1. The highest BCUT2D eigenvalue weighted by molar-refractivity contribution is 9.10. The third kappa shape index (κ3) is 5.31. The predicted octanol–water partition coefficient (Wildman–Crippen LogP) is 0.0710. The van der Waals surface area contributed by atoms with Crippen molar-refractivity contribution in [3.8, 4) is 0 Å². The Morgan fingerprint density at radius 2 is 2.15 bits per heavy atom. The molecule has 0 unspecified atom stereocenters. The number of hydrazine groups is 1. The Labute approximate surface area is 126 Å². The smallest absolute Gasteiger partial charge is 0.244 e. The van der Waals surface area contributed by atoms with Crippen molar-refractivity contribution >= 4 is 31.8 Å². The molecule has 0 aromatic carbocycles. The van der Waals surface area contributed by atoms with Gasteiger partial charge in [0.25, 0.3) is 0 Å². The Balaban J connectivity index is 2.62. The molecule has 20 heavy (non-hydrogen) atoms. The number of sulfonamides is 1. The number of nitrogens with one attached hydrogen (secondary N) is 2. The first-order valence-corrected chi connectivity index (χ1v) is 7.97. The minimum Gasteiger partial charge on any atom is -0.382 e. The molecule has 0 radical (unpaired) electrons. The van der Waals surface area contributed by atoms with E-state index in [1.165, 1.54) is 12.3 Å². The Bertz CT molecular complexity index is 526. The van der Waals surface area contributed by atoms with Crippen molar-refractivity contribution in [3.05, 3.63) is 16.7 Å². The maximum Gasteiger partial charge on any atom is 0.244 e. The zero-order valence-electron chi connectivity index (χ0n) is 10.9. The van der Waals surface area contributed by atoms with Crippen molar-refractivity contribution in [2.24, 2.45) is 5.84 Å². The number of anilines is 1. The molecule has 4 N–H and O–H groups in total. The van der Waals surface area contributed by atoms with E-state index in [-0.39, 0.29) is 23.9 Å². The molecule has 0 atom stereocenters. The highest BCUT2D eigenvalue weighted by Crippen LogP contribution is 2.21. The molecule has 1 rings (SSSR count). The molecule has 0 amide bonds. The molecular formula is C10H17BrN4O4S. The fraction of sp³-hybridized carbons (Fsp3) is 0.500. The van der Waals surface area contributed by atoms with E-state index in [9.17, 15) is 8.42 Å². The number of hydrogen-bond donors (Lipinski definition) is 3. The van der Waals surface area contributed by atoms with E-state index in [0.29, 0.717) is 17.7 Å². The van der Waals surface area contributed by atoms with Crippen LogP contribution in [0.5, 0.6) is 0 Å². The normalized spacial score (nSPS) is 11.6. The summed E-state index contributed by atoms with van der Waals surface area (Å²) in [5.74, 6) is 5.32. The monoisotopic (exact) mass is 368 g/mol. The Morgan fingerprint density at radius 1 is 1.40 bits per heavy atom. The minimum absolute atomic E-state index is 0.0359. The largest absolute Gasteiger partial charge is 0.382 e. The summed E-state index contributed by atoms with van der Waals surface area (Å²) in [6, 6.07) is 1.41. The van der Waals surface area contributed by atoms with E-state index in [1.54, 1.807) is 7.11 Å². The predicted molar refractivity (Wildman–Crippen MR) is 77.6 cm³/mol. The highest BCUT2D eigenvalue weighted by Gasteiger charge is 2.19. The first-order valence-electron chi connectivity index (χ1n) is 5.69. The highest BCUT2D eigenvalue weighted by atomic mass is 79.9. The van der Waals surface area contributed by atoms with E-state index in [4.69, 9.17) is 15.3 Å². The van der Waals surface area contributed by atoms with E-state index in [2.05, 4.69) is 31.1 Å². The van der Waals surface area contributed by atoms with Crippen molar-refractivity contribution in [1.82, 2.24) is 9.71 Å². The van der Waals surface area contributed by atoms with E-state index < -0.39 is 10.0 Å². The number of nitrogen functional groups attached to an aromatic ring is 1. The Kier molecular flexibility index (Phi) is 7.34. The summed E-state index contributed by atoms with van der Waals surface area (Å²) in [6.07, 6.45) is 1.45. The van der Waals surface area contributed by atoms with Crippen LogP contribution in [0, 0.1) is 0 Å². The van der Waals surface area contributed by atoms with Gasteiger partial charge in [-0.1, -0.05) is 0 Å². The molecule has 0 spiro atoms. The fourth-order valence-corrected chi connectivity index (χ4v) is 2.94. The summed E-state index contributed by atoms with van der Waals surface area (Å²) in [5, 5.41) is 0. The molecule has 0 bridgehead atoms. The lowest BCUT2D eigenvalue weighted by Gasteiger charge is -2.10. The molecule has 10 heteroatoms. The number of hydrogen-bond acceptors (Lipinski definition) is 7. The van der Waals surface area contributed by atoms with Gasteiger partial charge in [-0.2, -0.15) is 0 Å². The van der Waals surface area contributed by atoms with Gasteiger partial charge in [0, 0.05) is 24.3 Å². The van der Waals surface area contributed by atoms with Crippen LogP contribution in [0.15, 0.2) is 21.6 Å². The van der Waals surface area contributed by atoms with Crippen LogP contribution in [-0.4, -0.2) is 46.9 Å². The second kappa shape index (κ2) is 8.49. The molecule has 0 fully saturated rings. The number of rotatable bonds is 9. The van der Waals surface area contributed by atoms with Crippen LogP contribution in [0.4, 0.5) is 5.82 Å². The number of ether oxygens (including phenoxy) is 2. The van der Waals surface area contributed by atoms with Crippen LogP contribution in [0.3, 0.4) is 0 Å². The number of nitrogens with two attached hydrogens (primary N) is 1. The lowest BCUT2D eigenvalue weighted by molar-refractivity contribution is 0.0736. The van der Waals surface area contributed by atoms with Gasteiger partial charge >= 0.3 is 0 Å². The second-order valence-corrected chi connectivity index (χ2v) is 6.30. The first kappa shape index (κ1) is 17.3. The molecule has 0 aliphatic heterocycles. The van der Waals surface area contributed by atoms with Gasteiger partial charge in [0.2, 0.25) is 10.0 Å². The molecule has 1 aromatic heterocycles. The number of aromatic nitrogens is 1. The maximum atomic E-state index is 12.1. The van der Waals surface area contributed by atoms with Crippen molar-refractivity contribution in [3.63, 3.8) is 0 Å². The van der Waals surface area contributed by atoms with Crippen LogP contribution in [0.1, 0.15) is 0 Å². The average Bonchev–Trinajstić information content (AvgIpc) is 2.42. The summed E-state index contributed by atoms with van der Waals surface area (Å²) in [5.41, 5.74) is 2.25. The first-order chi connectivity index (χ1) is 9.51. The van der Waals surface area contributed by atoms with Gasteiger partial charge in [-0.05, 0) is 22.0 Å². The number of halogens is 1. The van der Waals surface area contributed by atoms with Gasteiger partial charge in [-0.15, -0.1) is 0 Å². The van der Waals surface area contributed by atoms with Crippen LogP contribution in [0.25, 0.3) is 0 Å². The van der Waals surface area contributed by atoms with Gasteiger partial charge in [-0.25, -0.2) is 24.0 Å². The van der Waals surface area contributed by atoms with Crippen molar-refractivity contribution in [2.45, 2.75) is 4.90 Å². The third-order valence-electron chi connectivity index (χ3n) is 2.22. The van der Waals surface area contributed by atoms with Gasteiger partial charge in [0.05, 0.1) is 19.8 Å². The van der Waals surface area contributed by atoms with Crippen molar-refractivity contribution in [1.29, 1.82) is 0 Å². The topological polar surface area (TPSA) is 116 Å². The summed E-state index contributed by atoms with van der Waals surface area (Å²) < 4.78 is 37.1. The van der Waals surface area contributed by atoms with Crippen LogP contribution < -0.4 is 16.0 Å². The zero-order chi connectivity index (χ0) is 15.0. The molecule has 114 valence electrons. The van der Waals surface area contributed by atoms with Crippen LogP contribution in [-0.2, 0) is 19.5 Å². The Morgan fingerprint density at radius 3 is 2.80 bits per heavy atom. The third-order valence-corrected chi connectivity index (χ3v) is 4.12. The molecule has 1 aromatic rings. The zero-order valence-corrected chi connectivity index (χ0v) is 13.3. The minimum atomic E-state index is -3.71.